The standard InChI is InChI=1S/C43H81NO5/c1-5-9-13-17-21-26-37(27-22-18-14-10-6-2)41(46)48-39-34-43(30-32-44(36-43)31-25-33-45)35-40(39)49-42(47)38(28-23-19-15-11-7-3)29-24-20-16-12-8-4/h37-40,45H,5-36H2,1-4H3/t39-,40-/m1/s1. The van der Waals surface area contributed by atoms with Crippen LogP contribution in [0.5, 0.6) is 0 Å². The first-order valence-electron chi connectivity index (χ1n) is 21.7. The SMILES string of the molecule is CCCCCCCC(CCCCCCC)C(=O)O[C@@H]1CC2(CCN(CCCO)C2)C[C@H]1OC(=O)C(CCCCCCC)CCCCCCC. The van der Waals surface area contributed by atoms with Gasteiger partial charge in [-0.1, -0.05) is 156 Å². The number of aliphatic hydroxyl groups is 1. The molecule has 1 saturated carbocycles. The van der Waals surface area contributed by atoms with Crippen molar-refractivity contribution in [3.05, 3.63) is 0 Å². The van der Waals surface area contributed by atoms with Crippen LogP contribution in [0.15, 0.2) is 0 Å². The van der Waals surface area contributed by atoms with Crippen molar-refractivity contribution in [3.8, 4) is 0 Å². The highest BCUT2D eigenvalue weighted by atomic mass is 16.6. The first-order valence-corrected chi connectivity index (χ1v) is 21.7. The molecule has 0 radical (unpaired) electrons. The number of likely N-dealkylation sites (tertiary alicyclic amines) is 1. The van der Waals surface area contributed by atoms with Gasteiger partial charge in [0.15, 0.2) is 0 Å². The summed E-state index contributed by atoms with van der Waals surface area (Å²) < 4.78 is 13.0. The van der Waals surface area contributed by atoms with Crippen molar-refractivity contribution in [3.63, 3.8) is 0 Å². The fourth-order valence-electron chi connectivity index (χ4n) is 8.51. The quantitative estimate of drug-likeness (QED) is 0.0576. The maximum Gasteiger partial charge on any atom is 0.309 e. The van der Waals surface area contributed by atoms with Gasteiger partial charge >= 0.3 is 11.9 Å². The molecule has 1 heterocycles. The summed E-state index contributed by atoms with van der Waals surface area (Å²) >= 11 is 0. The number of carbonyl (C=O) groups is 2. The van der Waals surface area contributed by atoms with E-state index in [1.54, 1.807) is 0 Å². The van der Waals surface area contributed by atoms with Gasteiger partial charge in [0, 0.05) is 19.7 Å². The largest absolute Gasteiger partial charge is 0.458 e. The molecule has 2 fully saturated rings. The second-order valence-corrected chi connectivity index (χ2v) is 16.2. The number of unbranched alkanes of at least 4 members (excludes halogenated alkanes) is 16. The highest BCUT2D eigenvalue weighted by molar-refractivity contribution is 5.74. The predicted molar refractivity (Wildman–Crippen MR) is 205 cm³/mol. The number of hydrogen-bond donors (Lipinski definition) is 1. The fourth-order valence-corrected chi connectivity index (χ4v) is 8.51. The molecular formula is C43H81NO5. The molecule has 0 aromatic heterocycles. The van der Waals surface area contributed by atoms with Crippen LogP contribution >= 0.6 is 0 Å². The van der Waals surface area contributed by atoms with Gasteiger partial charge in [0.05, 0.1) is 11.8 Å². The van der Waals surface area contributed by atoms with Gasteiger partial charge in [-0.15, -0.1) is 0 Å². The van der Waals surface area contributed by atoms with Gasteiger partial charge < -0.3 is 19.5 Å². The normalized spacial score (nSPS) is 19.1. The molecule has 288 valence electrons. The van der Waals surface area contributed by atoms with Crippen LogP contribution in [0.1, 0.15) is 207 Å². The van der Waals surface area contributed by atoms with E-state index in [2.05, 4.69) is 32.6 Å². The summed E-state index contributed by atoms with van der Waals surface area (Å²) in [5.41, 5.74) is 0.0109. The van der Waals surface area contributed by atoms with Crippen molar-refractivity contribution < 1.29 is 24.2 Å². The Hall–Kier alpha value is -1.14. The molecule has 2 atom stereocenters. The van der Waals surface area contributed by atoms with E-state index in [0.29, 0.717) is 0 Å². The molecule has 2 rings (SSSR count). The maximum atomic E-state index is 14.0. The molecule has 0 aromatic carbocycles. The molecule has 0 aromatic rings. The number of aliphatic hydroxyl groups excluding tert-OH is 1. The molecule has 6 heteroatoms. The summed E-state index contributed by atoms with van der Waals surface area (Å²) in [4.78, 5) is 30.4. The lowest BCUT2D eigenvalue weighted by Gasteiger charge is -2.25. The van der Waals surface area contributed by atoms with Gasteiger partial charge in [0.1, 0.15) is 12.2 Å². The average Bonchev–Trinajstić information content (AvgIpc) is 3.65. The predicted octanol–water partition coefficient (Wildman–Crippen LogP) is 11.4. The Bertz CT molecular complexity index is 751. The number of rotatable bonds is 31. The summed E-state index contributed by atoms with van der Waals surface area (Å²) in [6.07, 6.45) is 30.3. The minimum atomic E-state index is -0.355. The Balaban J connectivity index is 2.15. The fraction of sp³-hybridized carbons (Fsp3) is 0.953. The highest BCUT2D eigenvalue weighted by Crippen LogP contribution is 2.48. The van der Waals surface area contributed by atoms with Crippen LogP contribution in [-0.2, 0) is 19.1 Å². The van der Waals surface area contributed by atoms with Gasteiger partial charge in [-0.05, 0) is 63.3 Å². The highest BCUT2D eigenvalue weighted by Gasteiger charge is 2.52. The molecule has 1 aliphatic carbocycles. The Morgan fingerprint density at radius 1 is 0.592 bits per heavy atom. The van der Waals surface area contributed by atoms with Gasteiger partial charge in [0.2, 0.25) is 0 Å². The van der Waals surface area contributed by atoms with E-state index in [0.717, 1.165) is 96.7 Å². The third-order valence-electron chi connectivity index (χ3n) is 11.7. The average molecular weight is 692 g/mol. The second-order valence-electron chi connectivity index (χ2n) is 16.2. The number of esters is 2. The lowest BCUT2D eigenvalue weighted by Crippen LogP contribution is -2.34. The molecule has 1 aliphatic heterocycles. The molecule has 6 nitrogen and oxygen atoms in total. The lowest BCUT2D eigenvalue weighted by molar-refractivity contribution is -0.171. The summed E-state index contributed by atoms with van der Waals surface area (Å²) in [5.74, 6) is -0.209. The molecule has 0 unspecified atom stereocenters. The van der Waals surface area contributed by atoms with Crippen LogP contribution in [0.4, 0.5) is 0 Å². The molecule has 0 amide bonds. The number of hydrogen-bond acceptors (Lipinski definition) is 6. The van der Waals surface area contributed by atoms with E-state index < -0.39 is 0 Å². The topological polar surface area (TPSA) is 76.1 Å². The van der Waals surface area contributed by atoms with Gasteiger partial charge in [-0.25, -0.2) is 0 Å². The van der Waals surface area contributed by atoms with E-state index in [9.17, 15) is 14.7 Å². The van der Waals surface area contributed by atoms with Crippen molar-refractivity contribution in [2.75, 3.05) is 26.2 Å². The third-order valence-corrected chi connectivity index (χ3v) is 11.7. The molecule has 1 spiro atoms. The van der Waals surface area contributed by atoms with E-state index >= 15 is 0 Å². The Morgan fingerprint density at radius 3 is 1.31 bits per heavy atom. The third kappa shape index (κ3) is 18.3. The smallest absolute Gasteiger partial charge is 0.309 e. The zero-order chi connectivity index (χ0) is 35.6. The van der Waals surface area contributed by atoms with Crippen molar-refractivity contribution >= 4 is 11.9 Å². The summed E-state index contributed by atoms with van der Waals surface area (Å²) in [6, 6.07) is 0. The minimum absolute atomic E-state index is 0.0109. The van der Waals surface area contributed by atoms with Crippen molar-refractivity contribution in [1.82, 2.24) is 4.90 Å². The van der Waals surface area contributed by atoms with Crippen molar-refractivity contribution in [1.29, 1.82) is 0 Å². The van der Waals surface area contributed by atoms with Crippen molar-refractivity contribution in [2.24, 2.45) is 17.3 Å². The molecule has 49 heavy (non-hydrogen) atoms. The van der Waals surface area contributed by atoms with Crippen LogP contribution in [0.2, 0.25) is 0 Å². The molecule has 2 aliphatic rings. The Morgan fingerprint density at radius 2 is 0.959 bits per heavy atom. The van der Waals surface area contributed by atoms with Crippen LogP contribution in [-0.4, -0.2) is 60.4 Å². The molecular weight excluding hydrogens is 610 g/mol. The van der Waals surface area contributed by atoms with E-state index in [4.69, 9.17) is 9.47 Å². The first-order chi connectivity index (χ1) is 23.9. The van der Waals surface area contributed by atoms with Crippen LogP contribution in [0.3, 0.4) is 0 Å². The van der Waals surface area contributed by atoms with Crippen LogP contribution in [0.25, 0.3) is 0 Å². The molecule has 1 N–H and O–H groups in total. The zero-order valence-electron chi connectivity index (χ0n) is 33.0. The van der Waals surface area contributed by atoms with Gasteiger partial charge in [-0.3, -0.25) is 9.59 Å². The summed E-state index contributed by atoms with van der Waals surface area (Å²) in [5, 5.41) is 9.44. The Labute approximate surface area is 303 Å². The van der Waals surface area contributed by atoms with Crippen molar-refractivity contribution in [2.45, 2.75) is 220 Å². The number of ether oxygens (including phenoxy) is 2. The summed E-state index contributed by atoms with van der Waals surface area (Å²) in [6.45, 7) is 12.0. The van der Waals surface area contributed by atoms with Crippen LogP contribution in [0, 0.1) is 17.3 Å². The number of nitrogens with zero attached hydrogens (tertiary/aromatic N) is 1. The Kier molecular flexibility index (Phi) is 24.7. The molecule has 0 bridgehead atoms. The molecule has 1 saturated heterocycles. The zero-order valence-corrected chi connectivity index (χ0v) is 33.0. The lowest BCUT2D eigenvalue weighted by atomic mass is 9.85. The van der Waals surface area contributed by atoms with E-state index in [1.165, 1.54) is 103 Å². The van der Waals surface area contributed by atoms with E-state index in [1.807, 2.05) is 0 Å². The van der Waals surface area contributed by atoms with E-state index in [-0.39, 0.29) is 48.0 Å². The maximum absolute atomic E-state index is 14.0. The second kappa shape index (κ2) is 27.5. The van der Waals surface area contributed by atoms with Gasteiger partial charge in [-0.2, -0.15) is 0 Å². The number of carbonyl (C=O) groups excluding carboxylic acids is 2. The van der Waals surface area contributed by atoms with Crippen LogP contribution < -0.4 is 0 Å². The summed E-state index contributed by atoms with van der Waals surface area (Å²) in [7, 11) is 0. The van der Waals surface area contributed by atoms with Gasteiger partial charge in [0.25, 0.3) is 0 Å². The monoisotopic (exact) mass is 692 g/mol. The minimum Gasteiger partial charge on any atom is -0.458 e. The first kappa shape index (κ1) is 44.0.